The van der Waals surface area contributed by atoms with Gasteiger partial charge in [0.2, 0.25) is 5.91 Å². The smallest absolute Gasteiger partial charge is 0.220 e. The van der Waals surface area contributed by atoms with Crippen molar-refractivity contribution in [1.29, 1.82) is 0 Å². The normalized spacial score (nSPS) is 22.6. The van der Waals surface area contributed by atoms with Crippen LogP contribution in [0.2, 0.25) is 0 Å². The number of hydrogen-bond acceptors (Lipinski definition) is 2. The Kier molecular flexibility index (Phi) is 4.46. The molecule has 3 nitrogen and oxygen atoms in total. The van der Waals surface area contributed by atoms with Crippen LogP contribution in [0.1, 0.15) is 45.1 Å². The minimum Gasteiger partial charge on any atom is -0.494 e. The van der Waals surface area contributed by atoms with Gasteiger partial charge >= 0.3 is 0 Å². The number of carbonyl (C=O) groups is 1. The topological polar surface area (TPSA) is 38.3 Å². The molecule has 0 saturated carbocycles. The summed E-state index contributed by atoms with van der Waals surface area (Å²) in [5, 5.41) is 3.10. The van der Waals surface area contributed by atoms with Crippen molar-refractivity contribution in [2.75, 3.05) is 6.61 Å². The van der Waals surface area contributed by atoms with E-state index in [2.05, 4.69) is 31.3 Å². The zero-order valence-corrected chi connectivity index (χ0v) is 12.0. The van der Waals surface area contributed by atoms with Gasteiger partial charge in [-0.05, 0) is 37.0 Å². The minimum absolute atomic E-state index is 0.171. The molecule has 1 saturated heterocycles. The van der Waals surface area contributed by atoms with Crippen LogP contribution in [0.4, 0.5) is 0 Å². The molecule has 0 aromatic heterocycles. The lowest BCUT2D eigenvalue weighted by Gasteiger charge is -2.21. The standard InChI is InChI=1S/C16H23NO2/c1-4-19-13-7-5-12(6-8-13)14-10-16(18)17-15(14)9-11(2)3/h5-8,11,14-15H,4,9-10H2,1-3H3,(H,17,18). The van der Waals surface area contributed by atoms with Crippen LogP contribution in [-0.2, 0) is 4.79 Å². The number of benzene rings is 1. The summed E-state index contributed by atoms with van der Waals surface area (Å²) >= 11 is 0. The van der Waals surface area contributed by atoms with E-state index in [1.165, 1.54) is 5.56 Å². The summed E-state index contributed by atoms with van der Waals surface area (Å²) in [6.07, 6.45) is 1.63. The molecule has 2 unspecified atom stereocenters. The summed E-state index contributed by atoms with van der Waals surface area (Å²) in [5.74, 6) is 1.95. The third kappa shape index (κ3) is 3.49. The SMILES string of the molecule is CCOc1ccc(C2CC(=O)NC2CC(C)C)cc1. The van der Waals surface area contributed by atoms with Crippen molar-refractivity contribution in [3.63, 3.8) is 0 Å². The Labute approximate surface area is 115 Å². The Hall–Kier alpha value is -1.51. The molecular weight excluding hydrogens is 238 g/mol. The van der Waals surface area contributed by atoms with Gasteiger partial charge in [-0.15, -0.1) is 0 Å². The number of ether oxygens (including phenoxy) is 1. The first-order valence-corrected chi connectivity index (χ1v) is 7.12. The Morgan fingerprint density at radius 2 is 2.00 bits per heavy atom. The van der Waals surface area contributed by atoms with Crippen LogP contribution in [0, 0.1) is 5.92 Å². The van der Waals surface area contributed by atoms with Gasteiger partial charge in [-0.25, -0.2) is 0 Å². The number of amides is 1. The van der Waals surface area contributed by atoms with Crippen LogP contribution in [-0.4, -0.2) is 18.6 Å². The van der Waals surface area contributed by atoms with Gasteiger partial charge in [0.15, 0.2) is 0 Å². The molecule has 0 radical (unpaired) electrons. The van der Waals surface area contributed by atoms with Gasteiger partial charge in [-0.1, -0.05) is 26.0 Å². The number of carbonyl (C=O) groups excluding carboxylic acids is 1. The molecule has 1 aromatic carbocycles. The summed E-state index contributed by atoms with van der Waals surface area (Å²) < 4.78 is 5.45. The average molecular weight is 261 g/mol. The fraction of sp³-hybridized carbons (Fsp3) is 0.562. The van der Waals surface area contributed by atoms with Gasteiger partial charge in [-0.2, -0.15) is 0 Å². The fourth-order valence-electron chi connectivity index (χ4n) is 2.77. The van der Waals surface area contributed by atoms with Gasteiger partial charge in [0, 0.05) is 18.4 Å². The van der Waals surface area contributed by atoms with Crippen LogP contribution < -0.4 is 10.1 Å². The molecule has 104 valence electrons. The summed E-state index contributed by atoms with van der Waals surface area (Å²) in [5.41, 5.74) is 1.23. The lowest BCUT2D eigenvalue weighted by atomic mass is 9.87. The van der Waals surface area contributed by atoms with E-state index in [9.17, 15) is 4.79 Å². The van der Waals surface area contributed by atoms with Gasteiger partial charge < -0.3 is 10.1 Å². The molecular formula is C16H23NO2. The third-order valence-electron chi connectivity index (χ3n) is 3.58. The summed E-state index contributed by atoms with van der Waals surface area (Å²) in [4.78, 5) is 11.7. The highest BCUT2D eigenvalue weighted by molar-refractivity contribution is 5.80. The van der Waals surface area contributed by atoms with E-state index >= 15 is 0 Å². The summed E-state index contributed by atoms with van der Waals surface area (Å²) in [6.45, 7) is 7.05. The first-order valence-electron chi connectivity index (χ1n) is 7.12. The van der Waals surface area contributed by atoms with Gasteiger partial charge in [0.05, 0.1) is 6.61 Å². The largest absolute Gasteiger partial charge is 0.494 e. The highest BCUT2D eigenvalue weighted by Crippen LogP contribution is 2.32. The molecule has 0 spiro atoms. The van der Waals surface area contributed by atoms with E-state index < -0.39 is 0 Å². The van der Waals surface area contributed by atoms with Crippen molar-refractivity contribution >= 4 is 5.91 Å². The van der Waals surface area contributed by atoms with E-state index in [4.69, 9.17) is 4.74 Å². The van der Waals surface area contributed by atoms with Crippen LogP contribution in [0.3, 0.4) is 0 Å². The molecule has 2 atom stereocenters. The summed E-state index contributed by atoms with van der Waals surface area (Å²) in [7, 11) is 0. The fourth-order valence-corrected chi connectivity index (χ4v) is 2.77. The van der Waals surface area contributed by atoms with Crippen LogP contribution >= 0.6 is 0 Å². The molecule has 0 aliphatic carbocycles. The predicted octanol–water partition coefficient (Wildman–Crippen LogP) is 3.10. The van der Waals surface area contributed by atoms with Crippen LogP contribution in [0.5, 0.6) is 5.75 Å². The van der Waals surface area contributed by atoms with Gasteiger partial charge in [0.1, 0.15) is 5.75 Å². The Bertz CT molecular complexity index is 425. The highest BCUT2D eigenvalue weighted by atomic mass is 16.5. The second-order valence-electron chi connectivity index (χ2n) is 5.62. The highest BCUT2D eigenvalue weighted by Gasteiger charge is 2.33. The quantitative estimate of drug-likeness (QED) is 0.884. The second kappa shape index (κ2) is 6.09. The molecule has 1 aromatic rings. The maximum Gasteiger partial charge on any atom is 0.220 e. The Balaban J connectivity index is 2.12. The lowest BCUT2D eigenvalue weighted by molar-refractivity contribution is -0.119. The minimum atomic E-state index is 0.171. The maximum absolute atomic E-state index is 11.7. The van der Waals surface area contributed by atoms with Crippen molar-refractivity contribution in [2.45, 2.75) is 45.6 Å². The monoisotopic (exact) mass is 261 g/mol. The van der Waals surface area contributed by atoms with E-state index in [1.54, 1.807) is 0 Å². The first kappa shape index (κ1) is 13.9. The van der Waals surface area contributed by atoms with Crippen molar-refractivity contribution in [1.82, 2.24) is 5.32 Å². The van der Waals surface area contributed by atoms with E-state index in [0.717, 1.165) is 12.2 Å². The zero-order valence-electron chi connectivity index (χ0n) is 12.0. The van der Waals surface area contributed by atoms with Gasteiger partial charge in [0.25, 0.3) is 0 Å². The van der Waals surface area contributed by atoms with Crippen molar-refractivity contribution in [2.24, 2.45) is 5.92 Å². The molecule has 1 N–H and O–H groups in total. The number of nitrogens with one attached hydrogen (secondary N) is 1. The van der Waals surface area contributed by atoms with Crippen molar-refractivity contribution < 1.29 is 9.53 Å². The van der Waals surface area contributed by atoms with Crippen LogP contribution in [0.25, 0.3) is 0 Å². The van der Waals surface area contributed by atoms with E-state index in [0.29, 0.717) is 24.9 Å². The number of hydrogen-bond donors (Lipinski definition) is 1. The van der Waals surface area contributed by atoms with Gasteiger partial charge in [-0.3, -0.25) is 4.79 Å². The molecule has 19 heavy (non-hydrogen) atoms. The predicted molar refractivity (Wildman–Crippen MR) is 76.4 cm³/mol. The molecule has 1 aliphatic heterocycles. The van der Waals surface area contributed by atoms with Crippen molar-refractivity contribution in [3.8, 4) is 5.75 Å². The maximum atomic E-state index is 11.7. The molecule has 1 fully saturated rings. The van der Waals surface area contributed by atoms with Crippen LogP contribution in [0.15, 0.2) is 24.3 Å². The number of rotatable bonds is 5. The molecule has 1 heterocycles. The first-order chi connectivity index (χ1) is 9.10. The molecule has 1 amide bonds. The molecule has 2 rings (SSSR count). The third-order valence-corrected chi connectivity index (χ3v) is 3.58. The van der Waals surface area contributed by atoms with Crippen molar-refractivity contribution in [3.05, 3.63) is 29.8 Å². The lowest BCUT2D eigenvalue weighted by Crippen LogP contribution is -2.29. The molecule has 0 bridgehead atoms. The average Bonchev–Trinajstić information content (AvgIpc) is 2.71. The van der Waals surface area contributed by atoms with E-state index in [1.807, 2.05) is 19.1 Å². The Morgan fingerprint density at radius 1 is 1.32 bits per heavy atom. The molecule has 3 heteroatoms. The summed E-state index contributed by atoms with van der Waals surface area (Å²) in [6, 6.07) is 8.43. The zero-order chi connectivity index (χ0) is 13.8. The second-order valence-corrected chi connectivity index (χ2v) is 5.62. The Morgan fingerprint density at radius 3 is 2.58 bits per heavy atom. The molecule has 1 aliphatic rings. The van der Waals surface area contributed by atoms with E-state index in [-0.39, 0.29) is 11.9 Å².